The summed E-state index contributed by atoms with van der Waals surface area (Å²) in [6.45, 7) is 2.23. The SMILES string of the molecule is CCC(=O)Nc1ccc(NC(=O)C2CCC(CN)O2)cc1. The second kappa shape index (κ2) is 7.19. The van der Waals surface area contributed by atoms with Gasteiger partial charge >= 0.3 is 0 Å². The number of carbonyl (C=O) groups excluding carboxylic acids is 2. The number of nitrogens with one attached hydrogen (secondary N) is 2. The lowest BCUT2D eigenvalue weighted by Crippen LogP contribution is -2.29. The van der Waals surface area contributed by atoms with E-state index in [-0.39, 0.29) is 17.9 Å². The van der Waals surface area contributed by atoms with Crippen LogP contribution in [0.3, 0.4) is 0 Å². The van der Waals surface area contributed by atoms with E-state index in [9.17, 15) is 9.59 Å². The minimum atomic E-state index is -0.432. The van der Waals surface area contributed by atoms with Crippen molar-refractivity contribution >= 4 is 23.2 Å². The molecular weight excluding hydrogens is 270 g/mol. The second-order valence-corrected chi connectivity index (χ2v) is 5.03. The van der Waals surface area contributed by atoms with Crippen molar-refractivity contribution in [3.05, 3.63) is 24.3 Å². The van der Waals surface area contributed by atoms with Gasteiger partial charge in [0.25, 0.3) is 5.91 Å². The quantitative estimate of drug-likeness (QED) is 0.766. The Labute approximate surface area is 124 Å². The molecule has 1 fully saturated rings. The molecule has 0 bridgehead atoms. The van der Waals surface area contributed by atoms with Crippen molar-refractivity contribution < 1.29 is 14.3 Å². The van der Waals surface area contributed by atoms with E-state index < -0.39 is 6.10 Å². The molecule has 6 heteroatoms. The van der Waals surface area contributed by atoms with Crippen molar-refractivity contribution in [1.82, 2.24) is 0 Å². The van der Waals surface area contributed by atoms with Crippen molar-refractivity contribution in [2.75, 3.05) is 17.2 Å². The first-order valence-electron chi connectivity index (χ1n) is 7.18. The summed E-state index contributed by atoms with van der Waals surface area (Å²) in [4.78, 5) is 23.3. The van der Waals surface area contributed by atoms with E-state index in [1.165, 1.54) is 0 Å². The molecule has 2 amide bonds. The molecule has 21 heavy (non-hydrogen) atoms. The molecule has 114 valence electrons. The van der Waals surface area contributed by atoms with Crippen molar-refractivity contribution in [3.8, 4) is 0 Å². The lowest BCUT2D eigenvalue weighted by atomic mass is 10.2. The normalized spacial score (nSPS) is 21.0. The maximum Gasteiger partial charge on any atom is 0.253 e. The highest BCUT2D eigenvalue weighted by Gasteiger charge is 2.29. The summed E-state index contributed by atoms with van der Waals surface area (Å²) in [6.07, 6.45) is 1.49. The molecule has 0 aromatic heterocycles. The van der Waals surface area contributed by atoms with Crippen molar-refractivity contribution in [1.29, 1.82) is 0 Å². The number of nitrogens with two attached hydrogens (primary N) is 1. The number of carbonyl (C=O) groups is 2. The van der Waals surface area contributed by atoms with Crippen LogP contribution in [0.25, 0.3) is 0 Å². The van der Waals surface area contributed by atoms with Crippen LogP contribution in [0, 0.1) is 0 Å². The first kappa shape index (κ1) is 15.5. The molecule has 2 atom stereocenters. The average Bonchev–Trinajstić information content (AvgIpc) is 2.98. The summed E-state index contributed by atoms with van der Waals surface area (Å²) >= 11 is 0. The molecule has 0 saturated carbocycles. The van der Waals surface area contributed by atoms with Crippen LogP contribution in [0.2, 0.25) is 0 Å². The fourth-order valence-corrected chi connectivity index (χ4v) is 2.18. The molecule has 0 aliphatic carbocycles. The molecule has 1 heterocycles. The van der Waals surface area contributed by atoms with E-state index in [1.54, 1.807) is 31.2 Å². The monoisotopic (exact) mass is 291 g/mol. The Balaban J connectivity index is 1.88. The topological polar surface area (TPSA) is 93.5 Å². The van der Waals surface area contributed by atoms with Crippen LogP contribution < -0.4 is 16.4 Å². The van der Waals surface area contributed by atoms with Crippen LogP contribution in [-0.4, -0.2) is 30.6 Å². The average molecular weight is 291 g/mol. The zero-order chi connectivity index (χ0) is 15.2. The number of anilines is 2. The van der Waals surface area contributed by atoms with Crippen molar-refractivity contribution in [2.45, 2.75) is 38.4 Å². The number of hydrogen-bond acceptors (Lipinski definition) is 4. The Morgan fingerprint density at radius 1 is 1.19 bits per heavy atom. The van der Waals surface area contributed by atoms with Crippen LogP contribution in [0.15, 0.2) is 24.3 Å². The lowest BCUT2D eigenvalue weighted by molar-refractivity contribution is -0.126. The number of hydrogen-bond donors (Lipinski definition) is 3. The largest absolute Gasteiger partial charge is 0.364 e. The van der Waals surface area contributed by atoms with Gasteiger partial charge in [-0.1, -0.05) is 6.92 Å². The van der Waals surface area contributed by atoms with E-state index in [2.05, 4.69) is 10.6 Å². The van der Waals surface area contributed by atoms with Gasteiger partial charge < -0.3 is 21.1 Å². The second-order valence-electron chi connectivity index (χ2n) is 5.03. The number of rotatable bonds is 5. The van der Waals surface area contributed by atoms with E-state index in [0.717, 1.165) is 6.42 Å². The third-order valence-electron chi connectivity index (χ3n) is 3.42. The van der Waals surface area contributed by atoms with E-state index in [1.807, 2.05) is 0 Å². The zero-order valence-electron chi connectivity index (χ0n) is 12.1. The maximum atomic E-state index is 12.0. The van der Waals surface area contributed by atoms with Crippen LogP contribution in [0.4, 0.5) is 11.4 Å². The first-order chi connectivity index (χ1) is 10.1. The predicted octanol–water partition coefficient (Wildman–Crippen LogP) is 1.48. The molecule has 0 radical (unpaired) electrons. The van der Waals surface area contributed by atoms with Gasteiger partial charge in [0.05, 0.1) is 6.10 Å². The molecular formula is C15H21N3O3. The Bertz CT molecular complexity index is 501. The molecule has 2 rings (SSSR count). The van der Waals surface area contributed by atoms with Gasteiger partial charge in [0.1, 0.15) is 6.10 Å². The summed E-state index contributed by atoms with van der Waals surface area (Å²) < 4.78 is 5.54. The highest BCUT2D eigenvalue weighted by atomic mass is 16.5. The third-order valence-corrected chi connectivity index (χ3v) is 3.42. The maximum absolute atomic E-state index is 12.0. The Hall–Kier alpha value is -1.92. The van der Waals surface area contributed by atoms with Crippen molar-refractivity contribution in [2.24, 2.45) is 5.73 Å². The molecule has 4 N–H and O–H groups in total. The Morgan fingerprint density at radius 2 is 1.81 bits per heavy atom. The fraction of sp³-hybridized carbons (Fsp3) is 0.467. The third kappa shape index (κ3) is 4.27. The Morgan fingerprint density at radius 3 is 2.33 bits per heavy atom. The highest BCUT2D eigenvalue weighted by Crippen LogP contribution is 2.21. The lowest BCUT2D eigenvalue weighted by Gasteiger charge is -2.13. The van der Waals surface area contributed by atoms with Gasteiger partial charge in [-0.15, -0.1) is 0 Å². The van der Waals surface area contributed by atoms with Crippen LogP contribution in [-0.2, 0) is 14.3 Å². The zero-order valence-corrected chi connectivity index (χ0v) is 12.1. The van der Waals surface area contributed by atoms with Gasteiger partial charge in [0.2, 0.25) is 5.91 Å². The minimum absolute atomic E-state index is 0.0209. The first-order valence-corrected chi connectivity index (χ1v) is 7.18. The van der Waals surface area contributed by atoms with E-state index in [4.69, 9.17) is 10.5 Å². The summed E-state index contributed by atoms with van der Waals surface area (Å²) in [7, 11) is 0. The minimum Gasteiger partial charge on any atom is -0.364 e. The smallest absolute Gasteiger partial charge is 0.253 e. The predicted molar refractivity (Wildman–Crippen MR) is 80.9 cm³/mol. The van der Waals surface area contributed by atoms with Crippen LogP contribution in [0.5, 0.6) is 0 Å². The van der Waals surface area contributed by atoms with E-state index >= 15 is 0 Å². The summed E-state index contributed by atoms with van der Waals surface area (Å²) in [6, 6.07) is 7.00. The molecule has 2 unspecified atom stereocenters. The number of benzene rings is 1. The molecule has 1 aromatic carbocycles. The molecule has 1 aliphatic rings. The Kier molecular flexibility index (Phi) is 5.30. The van der Waals surface area contributed by atoms with E-state index in [0.29, 0.717) is 30.8 Å². The van der Waals surface area contributed by atoms with Gasteiger partial charge in [-0.05, 0) is 37.1 Å². The fourth-order valence-electron chi connectivity index (χ4n) is 2.18. The summed E-state index contributed by atoms with van der Waals surface area (Å²) in [5.41, 5.74) is 6.91. The molecule has 1 saturated heterocycles. The molecule has 1 aromatic rings. The van der Waals surface area contributed by atoms with Crippen LogP contribution in [0.1, 0.15) is 26.2 Å². The highest BCUT2D eigenvalue weighted by molar-refractivity contribution is 5.95. The van der Waals surface area contributed by atoms with Crippen molar-refractivity contribution in [3.63, 3.8) is 0 Å². The number of ether oxygens (including phenoxy) is 1. The van der Waals surface area contributed by atoms with Gasteiger partial charge in [-0.2, -0.15) is 0 Å². The standard InChI is InChI=1S/C15H21N3O3/c1-2-14(19)17-10-3-5-11(6-4-10)18-15(20)13-8-7-12(9-16)21-13/h3-6,12-13H,2,7-9,16H2,1H3,(H,17,19)(H,18,20). The molecule has 0 spiro atoms. The van der Waals surface area contributed by atoms with Gasteiger partial charge in [-0.25, -0.2) is 0 Å². The number of amides is 2. The summed E-state index contributed by atoms with van der Waals surface area (Å²) in [5, 5.41) is 5.56. The van der Waals surface area contributed by atoms with Gasteiger partial charge in [0.15, 0.2) is 0 Å². The summed E-state index contributed by atoms with van der Waals surface area (Å²) in [5.74, 6) is -0.199. The van der Waals surface area contributed by atoms with Gasteiger partial charge in [-0.3, -0.25) is 9.59 Å². The van der Waals surface area contributed by atoms with Crippen LogP contribution >= 0.6 is 0 Å². The van der Waals surface area contributed by atoms with Gasteiger partial charge in [0, 0.05) is 24.3 Å². The molecule has 6 nitrogen and oxygen atoms in total. The molecule has 1 aliphatic heterocycles.